The summed E-state index contributed by atoms with van der Waals surface area (Å²) in [6.07, 6.45) is 8.02. The van der Waals surface area contributed by atoms with Crippen molar-refractivity contribution in [1.82, 2.24) is 14.9 Å². The van der Waals surface area contributed by atoms with E-state index in [1.807, 2.05) is 6.33 Å². The second kappa shape index (κ2) is 6.44. The summed E-state index contributed by atoms with van der Waals surface area (Å²) in [7, 11) is 0. The molecule has 1 unspecified atom stereocenters. The van der Waals surface area contributed by atoms with Crippen LogP contribution in [0.15, 0.2) is 30.6 Å². The Morgan fingerprint density at radius 3 is 2.71 bits per heavy atom. The summed E-state index contributed by atoms with van der Waals surface area (Å²) in [4.78, 5) is 4.58. The maximum Gasteiger partial charge on any atom is 0.0997 e. The summed E-state index contributed by atoms with van der Waals surface area (Å²) in [5, 5.41) is 3.53. The van der Waals surface area contributed by atoms with Gasteiger partial charge in [0, 0.05) is 17.4 Å². The van der Waals surface area contributed by atoms with E-state index >= 15 is 0 Å². The van der Waals surface area contributed by atoms with Gasteiger partial charge in [-0.05, 0) is 63.3 Å². The number of nitrogens with one attached hydrogen (secondary N) is 1. The Balaban J connectivity index is 1.79. The molecule has 0 spiro atoms. The first-order chi connectivity index (χ1) is 10.3. The average Bonchev–Trinajstić information content (AvgIpc) is 2.97. The molecule has 0 saturated heterocycles. The zero-order chi connectivity index (χ0) is 14.7. The second-order valence-corrected chi connectivity index (χ2v) is 5.98. The van der Waals surface area contributed by atoms with E-state index in [1.165, 1.54) is 41.9 Å². The third-order valence-electron chi connectivity index (χ3n) is 4.40. The van der Waals surface area contributed by atoms with Crippen molar-refractivity contribution in [2.45, 2.75) is 52.0 Å². The monoisotopic (exact) mass is 283 g/mol. The topological polar surface area (TPSA) is 29.9 Å². The van der Waals surface area contributed by atoms with Crippen LogP contribution < -0.4 is 5.32 Å². The average molecular weight is 283 g/mol. The molecular formula is C18H25N3. The fourth-order valence-corrected chi connectivity index (χ4v) is 3.09. The van der Waals surface area contributed by atoms with Crippen LogP contribution in [-0.2, 0) is 12.8 Å². The number of benzene rings is 1. The molecule has 0 fully saturated rings. The van der Waals surface area contributed by atoms with Gasteiger partial charge in [0.1, 0.15) is 0 Å². The van der Waals surface area contributed by atoms with E-state index in [4.69, 9.17) is 0 Å². The fourth-order valence-electron chi connectivity index (χ4n) is 3.09. The van der Waals surface area contributed by atoms with Crippen LogP contribution in [0.1, 0.15) is 56.1 Å². The minimum atomic E-state index is 0.413. The summed E-state index contributed by atoms with van der Waals surface area (Å²) in [6.45, 7) is 5.49. The van der Waals surface area contributed by atoms with Crippen LogP contribution >= 0.6 is 0 Å². The highest BCUT2D eigenvalue weighted by molar-refractivity contribution is 5.39. The third kappa shape index (κ3) is 3.03. The molecule has 2 aromatic rings. The second-order valence-electron chi connectivity index (χ2n) is 5.98. The number of imidazole rings is 1. The van der Waals surface area contributed by atoms with Crippen molar-refractivity contribution in [2.75, 3.05) is 6.54 Å². The first-order valence-electron chi connectivity index (χ1n) is 8.18. The Labute approximate surface area is 127 Å². The molecule has 1 aromatic carbocycles. The minimum absolute atomic E-state index is 0.413. The minimum Gasteiger partial charge on any atom is -0.310 e. The first-order valence-corrected chi connectivity index (χ1v) is 8.18. The van der Waals surface area contributed by atoms with E-state index in [9.17, 15) is 0 Å². The summed E-state index contributed by atoms with van der Waals surface area (Å²) in [6, 6.07) is 9.32. The summed E-state index contributed by atoms with van der Waals surface area (Å²) in [5.41, 5.74) is 5.28. The molecule has 0 amide bonds. The van der Waals surface area contributed by atoms with Crippen molar-refractivity contribution in [3.63, 3.8) is 0 Å². The molecule has 1 aliphatic carbocycles. The lowest BCUT2D eigenvalue weighted by Crippen LogP contribution is -2.19. The molecular weight excluding hydrogens is 258 g/mol. The van der Waals surface area contributed by atoms with Crippen LogP contribution in [0.5, 0.6) is 0 Å². The molecule has 0 bridgehead atoms. The van der Waals surface area contributed by atoms with Gasteiger partial charge in [0.05, 0.1) is 12.0 Å². The van der Waals surface area contributed by atoms with E-state index in [0.29, 0.717) is 6.04 Å². The summed E-state index contributed by atoms with van der Waals surface area (Å²) in [5.74, 6) is 0. The predicted octanol–water partition coefficient (Wildman–Crippen LogP) is 3.81. The van der Waals surface area contributed by atoms with E-state index in [2.05, 4.69) is 53.0 Å². The van der Waals surface area contributed by atoms with Crippen LogP contribution in [0, 0.1) is 0 Å². The Hall–Kier alpha value is -1.61. The highest BCUT2D eigenvalue weighted by Crippen LogP contribution is 2.24. The zero-order valence-corrected chi connectivity index (χ0v) is 13.1. The van der Waals surface area contributed by atoms with Crippen molar-refractivity contribution in [1.29, 1.82) is 0 Å². The van der Waals surface area contributed by atoms with Gasteiger partial charge in [0.2, 0.25) is 0 Å². The number of hydrogen-bond donors (Lipinski definition) is 1. The molecule has 3 rings (SSSR count). The molecule has 1 aromatic heterocycles. The zero-order valence-electron chi connectivity index (χ0n) is 13.1. The molecule has 0 aliphatic heterocycles. The van der Waals surface area contributed by atoms with E-state index in [1.54, 1.807) is 0 Å². The molecule has 21 heavy (non-hydrogen) atoms. The van der Waals surface area contributed by atoms with Gasteiger partial charge in [-0.1, -0.05) is 19.1 Å². The van der Waals surface area contributed by atoms with Crippen molar-refractivity contribution >= 4 is 0 Å². The van der Waals surface area contributed by atoms with Crippen molar-refractivity contribution in [3.05, 3.63) is 47.5 Å². The van der Waals surface area contributed by atoms with Gasteiger partial charge in [-0.15, -0.1) is 0 Å². The van der Waals surface area contributed by atoms with Crippen LogP contribution in [0.2, 0.25) is 0 Å². The summed E-state index contributed by atoms with van der Waals surface area (Å²) >= 11 is 0. The lowest BCUT2D eigenvalue weighted by molar-refractivity contribution is 0.570. The van der Waals surface area contributed by atoms with Crippen LogP contribution in [0.3, 0.4) is 0 Å². The van der Waals surface area contributed by atoms with Gasteiger partial charge in [0.15, 0.2) is 0 Å². The smallest absolute Gasteiger partial charge is 0.0997 e. The predicted molar refractivity (Wildman–Crippen MR) is 86.9 cm³/mol. The van der Waals surface area contributed by atoms with Crippen molar-refractivity contribution in [3.8, 4) is 5.69 Å². The quantitative estimate of drug-likeness (QED) is 0.904. The number of aryl methyl sites for hydroxylation is 1. The highest BCUT2D eigenvalue weighted by atomic mass is 15.1. The van der Waals surface area contributed by atoms with Crippen molar-refractivity contribution < 1.29 is 0 Å². The van der Waals surface area contributed by atoms with E-state index in [0.717, 1.165) is 19.4 Å². The van der Waals surface area contributed by atoms with Gasteiger partial charge in [-0.2, -0.15) is 0 Å². The van der Waals surface area contributed by atoms with Crippen LogP contribution in [-0.4, -0.2) is 16.1 Å². The molecule has 1 heterocycles. The number of aromatic nitrogens is 2. The molecule has 0 radical (unpaired) electrons. The van der Waals surface area contributed by atoms with Gasteiger partial charge in [-0.3, -0.25) is 0 Å². The van der Waals surface area contributed by atoms with E-state index < -0.39 is 0 Å². The van der Waals surface area contributed by atoms with Crippen LogP contribution in [0.4, 0.5) is 0 Å². The van der Waals surface area contributed by atoms with Gasteiger partial charge in [-0.25, -0.2) is 4.98 Å². The Morgan fingerprint density at radius 1 is 1.19 bits per heavy atom. The molecule has 1 aliphatic rings. The Kier molecular flexibility index (Phi) is 4.39. The van der Waals surface area contributed by atoms with E-state index in [-0.39, 0.29) is 0 Å². The largest absolute Gasteiger partial charge is 0.310 e. The third-order valence-corrected chi connectivity index (χ3v) is 4.40. The van der Waals surface area contributed by atoms with Crippen molar-refractivity contribution in [2.24, 2.45) is 0 Å². The molecule has 0 saturated carbocycles. The molecule has 1 N–H and O–H groups in total. The van der Waals surface area contributed by atoms with Gasteiger partial charge in [0.25, 0.3) is 0 Å². The number of rotatable bonds is 5. The van der Waals surface area contributed by atoms with Gasteiger partial charge >= 0.3 is 0 Å². The standard InChI is InChI=1S/C18H25N3/c1-3-12-19-14(2)15-8-10-16(11-9-15)21-13-20-17-6-4-5-7-18(17)21/h8-11,13-14,19H,3-7,12H2,1-2H3. The van der Waals surface area contributed by atoms with Crippen LogP contribution in [0.25, 0.3) is 5.69 Å². The molecule has 112 valence electrons. The molecule has 1 atom stereocenters. The molecule has 3 nitrogen and oxygen atoms in total. The highest BCUT2D eigenvalue weighted by Gasteiger charge is 2.16. The number of hydrogen-bond acceptors (Lipinski definition) is 2. The normalized spacial score (nSPS) is 15.7. The first kappa shape index (κ1) is 14.3. The Morgan fingerprint density at radius 2 is 1.95 bits per heavy atom. The fraction of sp³-hybridized carbons (Fsp3) is 0.500. The maximum atomic E-state index is 4.58. The number of fused-ring (bicyclic) bond motifs is 1. The number of nitrogens with zero attached hydrogens (tertiary/aromatic N) is 2. The van der Waals surface area contributed by atoms with Gasteiger partial charge < -0.3 is 9.88 Å². The maximum absolute atomic E-state index is 4.58. The lowest BCUT2D eigenvalue weighted by Gasteiger charge is -2.16. The lowest BCUT2D eigenvalue weighted by atomic mass is 10.0. The summed E-state index contributed by atoms with van der Waals surface area (Å²) < 4.78 is 2.27. The SMILES string of the molecule is CCCNC(C)c1ccc(-n2cnc3c2CCCC3)cc1. The Bertz CT molecular complexity index is 583. The molecule has 3 heteroatoms.